The Labute approximate surface area is 214 Å². The highest BCUT2D eigenvalue weighted by Crippen LogP contribution is 2.32. The van der Waals surface area contributed by atoms with Crippen LogP contribution in [0.2, 0.25) is 0 Å². The van der Waals surface area contributed by atoms with Gasteiger partial charge in [0.2, 0.25) is 21.8 Å². The first kappa shape index (κ1) is 29.0. The zero-order chi connectivity index (χ0) is 26.9. The molecular formula is C26H37N3O6S. The molecule has 0 saturated heterocycles. The maximum atomic E-state index is 13.5. The number of nitrogens with one attached hydrogen (secondary N) is 1. The van der Waals surface area contributed by atoms with Crippen LogP contribution in [0.1, 0.15) is 26.3 Å². The van der Waals surface area contributed by atoms with Crippen molar-refractivity contribution in [1.29, 1.82) is 0 Å². The monoisotopic (exact) mass is 519 g/mol. The third-order valence-electron chi connectivity index (χ3n) is 5.67. The van der Waals surface area contributed by atoms with Gasteiger partial charge in [-0.25, -0.2) is 8.42 Å². The van der Waals surface area contributed by atoms with E-state index < -0.39 is 28.5 Å². The van der Waals surface area contributed by atoms with Crippen molar-refractivity contribution in [2.24, 2.45) is 5.92 Å². The minimum absolute atomic E-state index is 0.250. The molecule has 0 aliphatic carbocycles. The highest BCUT2D eigenvalue weighted by molar-refractivity contribution is 7.92. The van der Waals surface area contributed by atoms with Gasteiger partial charge in [0.25, 0.3) is 0 Å². The van der Waals surface area contributed by atoms with E-state index >= 15 is 0 Å². The van der Waals surface area contributed by atoms with E-state index in [-0.39, 0.29) is 24.1 Å². The van der Waals surface area contributed by atoms with Crippen LogP contribution in [0.25, 0.3) is 0 Å². The maximum absolute atomic E-state index is 13.5. The van der Waals surface area contributed by atoms with E-state index in [1.165, 1.54) is 25.2 Å². The van der Waals surface area contributed by atoms with Gasteiger partial charge in [0.15, 0.2) is 11.5 Å². The molecule has 0 radical (unpaired) electrons. The van der Waals surface area contributed by atoms with Crippen LogP contribution in [-0.4, -0.2) is 71.3 Å². The SMILES string of the molecule is COc1ccc(N(CC(=O)N(CCc2ccccc2)[C@H](C)C(=O)NCC(C)C)S(C)(=O)=O)cc1OC. The normalized spacial score (nSPS) is 12.1. The minimum atomic E-state index is -3.84. The molecule has 2 aromatic carbocycles. The second kappa shape index (κ2) is 13.2. The lowest BCUT2D eigenvalue weighted by Crippen LogP contribution is -2.52. The molecule has 36 heavy (non-hydrogen) atoms. The van der Waals surface area contributed by atoms with Gasteiger partial charge in [-0.15, -0.1) is 0 Å². The summed E-state index contributed by atoms with van der Waals surface area (Å²) < 4.78 is 37.0. The fraction of sp³-hybridized carbons (Fsp3) is 0.462. The summed E-state index contributed by atoms with van der Waals surface area (Å²) in [6.45, 7) is 5.88. The predicted molar refractivity (Wildman–Crippen MR) is 141 cm³/mol. The number of nitrogens with zero attached hydrogens (tertiary/aromatic N) is 2. The smallest absolute Gasteiger partial charge is 0.244 e. The highest BCUT2D eigenvalue weighted by Gasteiger charge is 2.30. The molecular weight excluding hydrogens is 482 g/mol. The summed E-state index contributed by atoms with van der Waals surface area (Å²) in [4.78, 5) is 27.8. The van der Waals surface area contributed by atoms with Crippen LogP contribution in [0.3, 0.4) is 0 Å². The number of carbonyl (C=O) groups excluding carboxylic acids is 2. The van der Waals surface area contributed by atoms with Crippen molar-refractivity contribution in [3.05, 3.63) is 54.1 Å². The van der Waals surface area contributed by atoms with Gasteiger partial charge in [0, 0.05) is 19.2 Å². The Morgan fingerprint density at radius 1 is 0.972 bits per heavy atom. The van der Waals surface area contributed by atoms with E-state index in [1.807, 2.05) is 44.2 Å². The lowest BCUT2D eigenvalue weighted by Gasteiger charge is -2.31. The number of hydrogen-bond acceptors (Lipinski definition) is 6. The molecule has 198 valence electrons. The van der Waals surface area contributed by atoms with Crippen molar-refractivity contribution >= 4 is 27.5 Å². The van der Waals surface area contributed by atoms with Gasteiger partial charge in [-0.1, -0.05) is 44.2 Å². The molecule has 0 aliphatic heterocycles. The predicted octanol–water partition coefficient (Wildman–Crippen LogP) is 2.70. The average Bonchev–Trinajstić information content (AvgIpc) is 2.85. The topological polar surface area (TPSA) is 105 Å². The van der Waals surface area contributed by atoms with Crippen molar-refractivity contribution in [3.8, 4) is 11.5 Å². The summed E-state index contributed by atoms with van der Waals surface area (Å²) in [5.74, 6) is 0.236. The Bertz CT molecular complexity index is 1120. The summed E-state index contributed by atoms with van der Waals surface area (Å²) in [5, 5.41) is 2.86. The fourth-order valence-corrected chi connectivity index (χ4v) is 4.46. The number of benzene rings is 2. The Morgan fingerprint density at radius 3 is 2.17 bits per heavy atom. The van der Waals surface area contributed by atoms with E-state index in [4.69, 9.17) is 9.47 Å². The summed E-state index contributed by atoms with van der Waals surface area (Å²) in [6, 6.07) is 13.4. The molecule has 10 heteroatoms. The first-order valence-electron chi connectivity index (χ1n) is 11.8. The maximum Gasteiger partial charge on any atom is 0.244 e. The quantitative estimate of drug-likeness (QED) is 0.436. The average molecular weight is 520 g/mol. The molecule has 0 spiro atoms. The van der Waals surface area contributed by atoms with Gasteiger partial charge in [0.05, 0.1) is 26.2 Å². The number of hydrogen-bond donors (Lipinski definition) is 1. The van der Waals surface area contributed by atoms with Crippen LogP contribution in [0, 0.1) is 5.92 Å². The molecule has 1 atom stereocenters. The van der Waals surface area contributed by atoms with Gasteiger partial charge in [-0.2, -0.15) is 0 Å². The number of ether oxygens (including phenoxy) is 2. The number of rotatable bonds is 13. The molecule has 0 heterocycles. The van der Waals surface area contributed by atoms with Gasteiger partial charge < -0.3 is 19.7 Å². The third-order valence-corrected chi connectivity index (χ3v) is 6.81. The summed E-state index contributed by atoms with van der Waals surface area (Å²) in [5.41, 5.74) is 1.26. The molecule has 2 aromatic rings. The molecule has 9 nitrogen and oxygen atoms in total. The van der Waals surface area contributed by atoms with Gasteiger partial charge >= 0.3 is 0 Å². The molecule has 0 fully saturated rings. The van der Waals surface area contributed by atoms with Gasteiger partial charge in [-0.05, 0) is 37.0 Å². The number of methoxy groups -OCH3 is 2. The molecule has 0 aliphatic rings. The van der Waals surface area contributed by atoms with E-state index in [9.17, 15) is 18.0 Å². The molecule has 2 amide bonds. The highest BCUT2D eigenvalue weighted by atomic mass is 32.2. The second-order valence-corrected chi connectivity index (χ2v) is 10.9. The van der Waals surface area contributed by atoms with E-state index in [0.717, 1.165) is 16.1 Å². The number of amides is 2. The molecule has 0 bridgehead atoms. The standard InChI is InChI=1S/C26H37N3O6S/c1-19(2)17-27-26(31)20(3)28(15-14-21-10-8-7-9-11-21)25(30)18-29(36(6,32)33)22-12-13-23(34-4)24(16-22)35-5/h7-13,16,19-20H,14-15,17-18H2,1-6H3,(H,27,31)/t20-/m1/s1. The van der Waals surface area contributed by atoms with Crippen molar-refractivity contribution in [3.63, 3.8) is 0 Å². The molecule has 0 unspecified atom stereocenters. The number of carbonyl (C=O) groups is 2. The zero-order valence-electron chi connectivity index (χ0n) is 21.9. The van der Waals surface area contributed by atoms with Crippen molar-refractivity contribution in [1.82, 2.24) is 10.2 Å². The van der Waals surface area contributed by atoms with E-state index in [2.05, 4.69) is 5.32 Å². The first-order valence-corrected chi connectivity index (χ1v) is 13.6. The fourth-order valence-electron chi connectivity index (χ4n) is 3.62. The van der Waals surface area contributed by atoms with Crippen LogP contribution in [0.15, 0.2) is 48.5 Å². The van der Waals surface area contributed by atoms with Crippen molar-refractivity contribution < 1.29 is 27.5 Å². The number of sulfonamides is 1. The Morgan fingerprint density at radius 2 is 1.61 bits per heavy atom. The summed E-state index contributed by atoms with van der Waals surface area (Å²) in [6.07, 6.45) is 1.55. The van der Waals surface area contributed by atoms with Crippen LogP contribution in [-0.2, 0) is 26.0 Å². The van der Waals surface area contributed by atoms with Gasteiger partial charge in [-0.3, -0.25) is 13.9 Å². The van der Waals surface area contributed by atoms with Crippen LogP contribution >= 0.6 is 0 Å². The second-order valence-electron chi connectivity index (χ2n) is 8.95. The summed E-state index contributed by atoms with van der Waals surface area (Å²) >= 11 is 0. The Kier molecular flexibility index (Phi) is 10.6. The van der Waals surface area contributed by atoms with E-state index in [1.54, 1.807) is 19.1 Å². The molecule has 0 aromatic heterocycles. The zero-order valence-corrected chi connectivity index (χ0v) is 22.7. The van der Waals surface area contributed by atoms with Crippen molar-refractivity contribution in [2.45, 2.75) is 33.2 Å². The van der Waals surface area contributed by atoms with Crippen LogP contribution in [0.4, 0.5) is 5.69 Å². The van der Waals surface area contributed by atoms with Crippen LogP contribution < -0.4 is 19.1 Å². The summed E-state index contributed by atoms with van der Waals surface area (Å²) in [7, 11) is -0.914. The molecule has 0 saturated carbocycles. The Balaban J connectivity index is 2.34. The van der Waals surface area contributed by atoms with Crippen LogP contribution in [0.5, 0.6) is 11.5 Å². The van der Waals surface area contributed by atoms with Crippen molar-refractivity contribution in [2.75, 3.05) is 44.4 Å². The first-order chi connectivity index (χ1) is 17.0. The molecule has 1 N–H and O–H groups in total. The van der Waals surface area contributed by atoms with Gasteiger partial charge in [0.1, 0.15) is 12.6 Å². The third kappa shape index (κ3) is 8.15. The lowest BCUT2D eigenvalue weighted by molar-refractivity contribution is -0.138. The van der Waals surface area contributed by atoms with E-state index in [0.29, 0.717) is 24.5 Å². The largest absolute Gasteiger partial charge is 0.493 e. The Hall–Kier alpha value is -3.27. The minimum Gasteiger partial charge on any atom is -0.493 e. The molecule has 2 rings (SSSR count). The lowest BCUT2D eigenvalue weighted by atomic mass is 10.1. The number of anilines is 1.